The van der Waals surface area contributed by atoms with Gasteiger partial charge < -0.3 is 10.2 Å². The van der Waals surface area contributed by atoms with Gasteiger partial charge in [-0.2, -0.15) is 0 Å². The molecule has 0 bridgehead atoms. The van der Waals surface area contributed by atoms with Crippen LogP contribution in [0.4, 0.5) is 5.13 Å². The summed E-state index contributed by atoms with van der Waals surface area (Å²) in [4.78, 5) is 6.70. The van der Waals surface area contributed by atoms with E-state index in [1.807, 2.05) is 18.6 Å². The van der Waals surface area contributed by atoms with E-state index in [1.54, 1.807) is 11.3 Å². The van der Waals surface area contributed by atoms with Gasteiger partial charge in [0.05, 0.1) is 0 Å². The zero-order chi connectivity index (χ0) is 9.10. The molecule has 2 heterocycles. The first-order valence-electron chi connectivity index (χ1n) is 4.72. The molecule has 0 radical (unpaired) electrons. The van der Waals surface area contributed by atoms with Gasteiger partial charge in [-0.25, -0.2) is 4.98 Å². The first kappa shape index (κ1) is 11.8. The van der Waals surface area contributed by atoms with Crippen LogP contribution in [0.2, 0.25) is 0 Å². The van der Waals surface area contributed by atoms with Crippen molar-refractivity contribution in [3.63, 3.8) is 0 Å². The van der Waals surface area contributed by atoms with Crippen LogP contribution in [0.5, 0.6) is 0 Å². The second kappa shape index (κ2) is 5.53. The van der Waals surface area contributed by atoms with Crippen molar-refractivity contribution in [2.45, 2.75) is 18.9 Å². The van der Waals surface area contributed by atoms with E-state index in [0.29, 0.717) is 6.04 Å². The van der Waals surface area contributed by atoms with E-state index in [-0.39, 0.29) is 12.4 Å². The molecule has 0 aliphatic carbocycles. The minimum Gasteiger partial charge on any atom is -0.347 e. The number of aromatic nitrogens is 1. The number of likely N-dealkylation sites (N-methyl/N-ethyl adjacent to an activating group) is 1. The van der Waals surface area contributed by atoms with Crippen molar-refractivity contribution in [2.24, 2.45) is 0 Å². The van der Waals surface area contributed by atoms with E-state index in [4.69, 9.17) is 0 Å². The molecule has 1 aliphatic rings. The Morgan fingerprint density at radius 2 is 2.50 bits per heavy atom. The summed E-state index contributed by atoms with van der Waals surface area (Å²) in [5, 5.41) is 6.54. The minimum absolute atomic E-state index is 0. The van der Waals surface area contributed by atoms with Gasteiger partial charge in [-0.15, -0.1) is 23.7 Å². The van der Waals surface area contributed by atoms with Crippen LogP contribution < -0.4 is 10.2 Å². The van der Waals surface area contributed by atoms with Crippen LogP contribution in [0.15, 0.2) is 11.6 Å². The van der Waals surface area contributed by atoms with Crippen molar-refractivity contribution in [3.8, 4) is 0 Å². The summed E-state index contributed by atoms with van der Waals surface area (Å²) in [7, 11) is 2.04. The molecule has 0 spiro atoms. The number of hydrogen-bond acceptors (Lipinski definition) is 4. The zero-order valence-corrected chi connectivity index (χ0v) is 9.90. The highest BCUT2D eigenvalue weighted by atomic mass is 35.5. The third-order valence-corrected chi connectivity index (χ3v) is 3.35. The lowest BCUT2D eigenvalue weighted by Gasteiger charge is -2.32. The van der Waals surface area contributed by atoms with E-state index in [0.717, 1.165) is 13.1 Å². The van der Waals surface area contributed by atoms with E-state index in [2.05, 4.69) is 15.2 Å². The van der Waals surface area contributed by atoms with Gasteiger partial charge in [0.25, 0.3) is 0 Å². The molecule has 1 unspecified atom stereocenters. The van der Waals surface area contributed by atoms with Gasteiger partial charge in [-0.1, -0.05) is 0 Å². The van der Waals surface area contributed by atoms with Crippen LogP contribution in [-0.4, -0.2) is 31.2 Å². The molecule has 1 fully saturated rings. The third-order valence-electron chi connectivity index (χ3n) is 2.52. The van der Waals surface area contributed by atoms with E-state index >= 15 is 0 Å². The fourth-order valence-electron chi connectivity index (χ4n) is 1.76. The summed E-state index contributed by atoms with van der Waals surface area (Å²) < 4.78 is 0. The molecule has 5 heteroatoms. The second-order valence-electron chi connectivity index (χ2n) is 3.39. The smallest absolute Gasteiger partial charge is 0.185 e. The quantitative estimate of drug-likeness (QED) is 0.844. The molecule has 1 aromatic rings. The first-order valence-corrected chi connectivity index (χ1v) is 5.60. The second-order valence-corrected chi connectivity index (χ2v) is 4.26. The van der Waals surface area contributed by atoms with Crippen LogP contribution in [0.3, 0.4) is 0 Å². The Bertz CT molecular complexity index is 253. The predicted octanol–water partition coefficient (Wildman–Crippen LogP) is 1.75. The predicted molar refractivity (Wildman–Crippen MR) is 63.7 cm³/mol. The Labute approximate surface area is 94.9 Å². The standard InChI is InChI=1S/C9H15N3S.ClH/c1-10-8-3-2-5-12(7-8)9-11-4-6-13-9;/h4,6,8,10H,2-3,5,7H2,1H3;1H. The molecule has 0 saturated carbocycles. The molecular formula is C9H16ClN3S. The average Bonchev–Trinajstić information content (AvgIpc) is 2.71. The number of anilines is 1. The monoisotopic (exact) mass is 233 g/mol. The van der Waals surface area contributed by atoms with Crippen LogP contribution in [-0.2, 0) is 0 Å². The third kappa shape index (κ3) is 2.59. The molecular weight excluding hydrogens is 218 g/mol. The van der Waals surface area contributed by atoms with Gasteiger partial charge in [-0.3, -0.25) is 0 Å². The summed E-state index contributed by atoms with van der Waals surface area (Å²) >= 11 is 1.73. The maximum absolute atomic E-state index is 4.33. The lowest BCUT2D eigenvalue weighted by molar-refractivity contribution is 0.449. The Morgan fingerprint density at radius 1 is 1.64 bits per heavy atom. The highest BCUT2D eigenvalue weighted by Gasteiger charge is 2.19. The van der Waals surface area contributed by atoms with Gasteiger partial charge in [0.2, 0.25) is 0 Å². The molecule has 2 rings (SSSR count). The molecule has 3 nitrogen and oxygen atoms in total. The lowest BCUT2D eigenvalue weighted by atomic mass is 10.1. The molecule has 0 aromatic carbocycles. The highest BCUT2D eigenvalue weighted by Crippen LogP contribution is 2.21. The maximum atomic E-state index is 4.33. The molecule has 1 aliphatic heterocycles. The van der Waals surface area contributed by atoms with Crippen molar-refractivity contribution in [3.05, 3.63) is 11.6 Å². The summed E-state index contributed by atoms with van der Waals surface area (Å²) in [6.07, 6.45) is 4.44. The van der Waals surface area contributed by atoms with Gasteiger partial charge in [-0.05, 0) is 19.9 Å². The summed E-state index contributed by atoms with van der Waals surface area (Å²) in [5.74, 6) is 0. The van der Waals surface area contributed by atoms with E-state index in [9.17, 15) is 0 Å². The summed E-state index contributed by atoms with van der Waals surface area (Å²) in [6.45, 7) is 2.26. The Hall–Kier alpha value is -0.320. The largest absolute Gasteiger partial charge is 0.347 e. The Balaban J connectivity index is 0.000000980. The van der Waals surface area contributed by atoms with E-state index < -0.39 is 0 Å². The Morgan fingerprint density at radius 3 is 3.14 bits per heavy atom. The van der Waals surface area contributed by atoms with Gasteiger partial charge >= 0.3 is 0 Å². The van der Waals surface area contributed by atoms with Crippen molar-refractivity contribution < 1.29 is 0 Å². The number of rotatable bonds is 2. The molecule has 14 heavy (non-hydrogen) atoms. The highest BCUT2D eigenvalue weighted by molar-refractivity contribution is 7.13. The van der Waals surface area contributed by atoms with Gasteiger partial charge in [0.15, 0.2) is 5.13 Å². The molecule has 0 amide bonds. The van der Waals surface area contributed by atoms with Crippen LogP contribution in [0, 0.1) is 0 Å². The normalized spacial score (nSPS) is 21.8. The molecule has 1 atom stereocenters. The molecule has 1 N–H and O–H groups in total. The van der Waals surface area contributed by atoms with Crippen LogP contribution in [0.25, 0.3) is 0 Å². The van der Waals surface area contributed by atoms with Crippen LogP contribution >= 0.6 is 23.7 Å². The number of thiazole rings is 1. The first-order chi connectivity index (χ1) is 6.40. The lowest BCUT2D eigenvalue weighted by Crippen LogP contribution is -2.44. The minimum atomic E-state index is 0. The SMILES string of the molecule is CNC1CCCN(c2nccs2)C1.Cl. The molecule has 80 valence electrons. The van der Waals surface area contributed by atoms with Crippen molar-refractivity contribution in [2.75, 3.05) is 25.0 Å². The number of hydrogen-bond donors (Lipinski definition) is 1. The number of nitrogens with one attached hydrogen (secondary N) is 1. The Kier molecular flexibility index (Phi) is 4.65. The number of nitrogens with zero attached hydrogens (tertiary/aromatic N) is 2. The van der Waals surface area contributed by atoms with Gasteiger partial charge in [0.1, 0.15) is 0 Å². The summed E-state index contributed by atoms with van der Waals surface area (Å²) in [5.41, 5.74) is 0. The van der Waals surface area contributed by atoms with Crippen molar-refractivity contribution in [1.29, 1.82) is 0 Å². The van der Waals surface area contributed by atoms with Crippen molar-refractivity contribution >= 4 is 28.9 Å². The number of halogens is 1. The average molecular weight is 234 g/mol. The zero-order valence-electron chi connectivity index (χ0n) is 8.27. The van der Waals surface area contributed by atoms with Crippen LogP contribution in [0.1, 0.15) is 12.8 Å². The topological polar surface area (TPSA) is 28.2 Å². The van der Waals surface area contributed by atoms with Crippen molar-refractivity contribution in [1.82, 2.24) is 10.3 Å². The molecule has 1 aromatic heterocycles. The molecule has 1 saturated heterocycles. The number of piperidine rings is 1. The van der Waals surface area contributed by atoms with E-state index in [1.165, 1.54) is 18.0 Å². The maximum Gasteiger partial charge on any atom is 0.185 e. The van der Waals surface area contributed by atoms with Gasteiger partial charge in [0, 0.05) is 30.7 Å². The summed E-state index contributed by atoms with van der Waals surface area (Å²) in [6, 6.07) is 0.637. The fraction of sp³-hybridized carbons (Fsp3) is 0.667. The fourth-order valence-corrected chi connectivity index (χ4v) is 2.44.